The summed E-state index contributed by atoms with van der Waals surface area (Å²) < 4.78 is 9.24. The molecule has 0 unspecified atom stereocenters. The summed E-state index contributed by atoms with van der Waals surface area (Å²) in [5.41, 5.74) is 0. The largest absolute Gasteiger partial charge is 0.462 e. The number of ether oxygens (including phenoxy) is 2. The van der Waals surface area contributed by atoms with E-state index in [9.17, 15) is 9.59 Å². The predicted molar refractivity (Wildman–Crippen MR) is 58.8 cm³/mol. The molecule has 0 heterocycles. The van der Waals surface area contributed by atoms with E-state index in [1.807, 2.05) is 0 Å². The van der Waals surface area contributed by atoms with Crippen LogP contribution in [-0.4, -0.2) is 36.7 Å². The molecule has 0 radical (unpaired) electrons. The van der Waals surface area contributed by atoms with E-state index in [1.54, 1.807) is 0 Å². The minimum Gasteiger partial charge on any atom is -0.462 e. The Morgan fingerprint density at radius 2 is 1.29 bits per heavy atom. The highest BCUT2D eigenvalue weighted by molar-refractivity contribution is 7.80. The first kappa shape index (κ1) is 13.4. The van der Waals surface area contributed by atoms with Gasteiger partial charge in [-0.05, 0) is 0 Å². The van der Waals surface area contributed by atoms with Crippen molar-refractivity contribution in [3.8, 4) is 0 Å². The van der Waals surface area contributed by atoms with Crippen molar-refractivity contribution >= 4 is 37.2 Å². The zero-order chi connectivity index (χ0) is 10.8. The van der Waals surface area contributed by atoms with Crippen molar-refractivity contribution in [3.05, 3.63) is 12.2 Å². The average molecular weight is 236 g/mol. The number of hydrogen-bond acceptors (Lipinski definition) is 6. The molecule has 0 atom stereocenters. The number of thiol groups is 2. The molecule has 0 N–H and O–H groups in total. The Labute approximate surface area is 93.5 Å². The van der Waals surface area contributed by atoms with Gasteiger partial charge >= 0.3 is 11.9 Å². The topological polar surface area (TPSA) is 52.6 Å². The van der Waals surface area contributed by atoms with Gasteiger partial charge in [-0.1, -0.05) is 0 Å². The van der Waals surface area contributed by atoms with Crippen molar-refractivity contribution in [1.29, 1.82) is 0 Å². The highest BCUT2D eigenvalue weighted by Crippen LogP contribution is 1.87. The summed E-state index contributed by atoms with van der Waals surface area (Å²) in [6.07, 6.45) is 2.04. The van der Waals surface area contributed by atoms with Crippen molar-refractivity contribution in [2.24, 2.45) is 0 Å². The third-order valence-corrected chi connectivity index (χ3v) is 1.39. The van der Waals surface area contributed by atoms with Gasteiger partial charge in [0.15, 0.2) is 0 Å². The van der Waals surface area contributed by atoms with Crippen molar-refractivity contribution in [1.82, 2.24) is 0 Å². The van der Waals surface area contributed by atoms with Gasteiger partial charge in [0.2, 0.25) is 0 Å². The second-order valence-electron chi connectivity index (χ2n) is 2.12. The van der Waals surface area contributed by atoms with Crippen LogP contribution in [0.1, 0.15) is 0 Å². The molecule has 0 aromatic rings. The molecule has 0 saturated heterocycles. The van der Waals surface area contributed by atoms with E-state index < -0.39 is 11.9 Å². The maximum Gasteiger partial charge on any atom is 0.331 e. The lowest BCUT2D eigenvalue weighted by Crippen LogP contribution is -2.06. The van der Waals surface area contributed by atoms with Crippen LogP contribution >= 0.6 is 25.3 Å². The van der Waals surface area contributed by atoms with E-state index in [-0.39, 0.29) is 13.2 Å². The summed E-state index contributed by atoms with van der Waals surface area (Å²) in [4.78, 5) is 21.6. The molecule has 4 nitrogen and oxygen atoms in total. The molecule has 6 heteroatoms. The van der Waals surface area contributed by atoms with Crippen LogP contribution in [0.3, 0.4) is 0 Å². The molecular weight excluding hydrogens is 224 g/mol. The summed E-state index contributed by atoms with van der Waals surface area (Å²) in [5.74, 6) is -0.267. The van der Waals surface area contributed by atoms with Crippen LogP contribution in [0.4, 0.5) is 0 Å². The lowest BCUT2D eigenvalue weighted by Gasteiger charge is -1.98. The van der Waals surface area contributed by atoms with Gasteiger partial charge in [-0.2, -0.15) is 25.3 Å². The molecule has 0 aromatic carbocycles. The fourth-order valence-electron chi connectivity index (χ4n) is 0.525. The van der Waals surface area contributed by atoms with Gasteiger partial charge in [-0.15, -0.1) is 0 Å². The monoisotopic (exact) mass is 236 g/mol. The minimum atomic E-state index is -0.582. The maximum absolute atomic E-state index is 10.8. The summed E-state index contributed by atoms with van der Waals surface area (Å²) in [5, 5.41) is 0. The molecule has 0 aliphatic carbocycles. The summed E-state index contributed by atoms with van der Waals surface area (Å²) in [7, 11) is 0. The number of hydrogen-bond donors (Lipinski definition) is 2. The molecule has 0 bridgehead atoms. The average Bonchev–Trinajstić information content (AvgIpc) is 2.20. The van der Waals surface area contributed by atoms with Crippen LogP contribution in [-0.2, 0) is 19.1 Å². The molecule has 0 rings (SSSR count). The second kappa shape index (κ2) is 8.96. The van der Waals surface area contributed by atoms with E-state index in [2.05, 4.69) is 34.7 Å². The van der Waals surface area contributed by atoms with Gasteiger partial charge in [0.05, 0.1) is 0 Å². The maximum atomic E-state index is 10.8. The molecule has 0 aliphatic heterocycles. The SMILES string of the molecule is O=C(C=CC(=O)OCCS)OCCS. The smallest absolute Gasteiger partial charge is 0.331 e. The van der Waals surface area contributed by atoms with Gasteiger partial charge in [-0.25, -0.2) is 9.59 Å². The van der Waals surface area contributed by atoms with Crippen molar-refractivity contribution in [3.63, 3.8) is 0 Å². The van der Waals surface area contributed by atoms with E-state index in [0.29, 0.717) is 11.5 Å². The van der Waals surface area contributed by atoms with E-state index in [1.165, 1.54) is 0 Å². The highest BCUT2D eigenvalue weighted by atomic mass is 32.1. The highest BCUT2D eigenvalue weighted by Gasteiger charge is 1.99. The van der Waals surface area contributed by atoms with Crippen LogP contribution in [0.5, 0.6) is 0 Å². The fraction of sp³-hybridized carbons (Fsp3) is 0.500. The van der Waals surface area contributed by atoms with Gasteiger partial charge in [-0.3, -0.25) is 0 Å². The van der Waals surface area contributed by atoms with Crippen LogP contribution in [0, 0.1) is 0 Å². The number of carbonyl (C=O) groups is 2. The Balaban J connectivity index is 3.68. The van der Waals surface area contributed by atoms with Gasteiger partial charge in [0, 0.05) is 23.7 Å². The van der Waals surface area contributed by atoms with Gasteiger partial charge in [0.25, 0.3) is 0 Å². The standard InChI is InChI=1S/C8H12O4S2/c9-7(11-3-5-13)1-2-8(10)12-4-6-14/h1-2,13-14H,3-6H2. The van der Waals surface area contributed by atoms with Gasteiger partial charge in [0.1, 0.15) is 13.2 Å². The first-order valence-electron chi connectivity index (χ1n) is 3.94. The van der Waals surface area contributed by atoms with Crippen LogP contribution in [0.15, 0.2) is 12.2 Å². The Morgan fingerprint density at radius 3 is 1.57 bits per heavy atom. The molecule has 0 spiro atoms. The Hall–Kier alpha value is -0.620. The lowest BCUT2D eigenvalue weighted by molar-refractivity contribution is -0.139. The van der Waals surface area contributed by atoms with E-state index in [4.69, 9.17) is 0 Å². The van der Waals surface area contributed by atoms with Crippen LogP contribution < -0.4 is 0 Å². The minimum absolute atomic E-state index is 0.220. The molecule has 14 heavy (non-hydrogen) atoms. The molecule has 0 amide bonds. The molecular formula is C8H12O4S2. The van der Waals surface area contributed by atoms with Crippen molar-refractivity contribution in [2.45, 2.75) is 0 Å². The lowest BCUT2D eigenvalue weighted by atomic mass is 10.5. The fourth-order valence-corrected chi connectivity index (χ4v) is 0.707. The molecule has 0 aliphatic rings. The molecule has 80 valence electrons. The van der Waals surface area contributed by atoms with Crippen LogP contribution in [0.25, 0.3) is 0 Å². The summed E-state index contributed by atoms with van der Waals surface area (Å²) in [6.45, 7) is 0.440. The third-order valence-electron chi connectivity index (χ3n) is 1.03. The van der Waals surface area contributed by atoms with Crippen LogP contribution in [0.2, 0.25) is 0 Å². The quantitative estimate of drug-likeness (QED) is 0.400. The molecule has 0 aromatic heterocycles. The Morgan fingerprint density at radius 1 is 0.929 bits per heavy atom. The number of esters is 2. The number of rotatable bonds is 6. The van der Waals surface area contributed by atoms with E-state index in [0.717, 1.165) is 12.2 Å². The van der Waals surface area contributed by atoms with Crippen molar-refractivity contribution in [2.75, 3.05) is 24.7 Å². The van der Waals surface area contributed by atoms with Gasteiger partial charge < -0.3 is 9.47 Å². The van der Waals surface area contributed by atoms with Crippen molar-refractivity contribution < 1.29 is 19.1 Å². The zero-order valence-corrected chi connectivity index (χ0v) is 9.30. The number of carbonyl (C=O) groups excluding carboxylic acids is 2. The Bertz CT molecular complexity index is 193. The molecule has 0 saturated carbocycles. The normalized spacial score (nSPS) is 10.1. The second-order valence-corrected chi connectivity index (χ2v) is 3.01. The van der Waals surface area contributed by atoms with E-state index >= 15 is 0 Å². The summed E-state index contributed by atoms with van der Waals surface area (Å²) in [6, 6.07) is 0. The Kier molecular flexibility index (Phi) is 8.56. The summed E-state index contributed by atoms with van der Waals surface area (Å²) >= 11 is 7.70. The predicted octanol–water partition coefficient (Wildman–Crippen LogP) is 0.489. The first-order valence-corrected chi connectivity index (χ1v) is 5.20. The zero-order valence-electron chi connectivity index (χ0n) is 7.51. The first-order chi connectivity index (χ1) is 6.70. The third kappa shape index (κ3) is 8.00. The molecule has 0 fully saturated rings.